The summed E-state index contributed by atoms with van der Waals surface area (Å²) in [6.45, 7) is 3.87. The van der Waals surface area contributed by atoms with Crippen LogP contribution in [0.3, 0.4) is 0 Å². The number of carbonyl (C=O) groups is 1. The van der Waals surface area contributed by atoms with Gasteiger partial charge in [0.25, 0.3) is 3.79 Å². The van der Waals surface area contributed by atoms with Crippen LogP contribution < -0.4 is 0 Å². The van der Waals surface area contributed by atoms with Gasteiger partial charge in [-0.3, -0.25) is 0 Å². The van der Waals surface area contributed by atoms with Crippen molar-refractivity contribution in [2.24, 2.45) is 0 Å². The maximum Gasteiger partial charge on any atom is 0.356 e. The second-order valence-electron chi connectivity index (χ2n) is 6.00. The molecule has 11 heteroatoms. The smallest absolute Gasteiger partial charge is 0.356 e. The average Bonchev–Trinajstić information content (AvgIpc) is 2.56. The standard InChI is InChI=1S/C15H12Cl4O2.C2HCl3O2/c1-15(2,7-3-9(16)13(20)10(17)4-7)8-5-11(18)14(21)12(19)6-8;3-2(4,5)1(6)7/h3-6,20-21H,1-2H3;(H,6,7). The van der Waals surface area contributed by atoms with Crippen molar-refractivity contribution in [3.8, 4) is 11.5 Å². The minimum Gasteiger partial charge on any atom is -0.505 e. The van der Waals surface area contributed by atoms with Crippen molar-refractivity contribution in [2.45, 2.75) is 23.1 Å². The summed E-state index contributed by atoms with van der Waals surface area (Å²) in [6, 6.07) is 6.55. The SMILES string of the molecule is CC(C)(c1cc(Cl)c(O)c(Cl)c1)c1cc(Cl)c(O)c(Cl)c1.O=C(O)C(Cl)(Cl)Cl. The number of rotatable bonds is 2. The van der Waals surface area contributed by atoms with Gasteiger partial charge >= 0.3 is 5.97 Å². The Labute approximate surface area is 196 Å². The average molecular weight is 529 g/mol. The monoisotopic (exact) mass is 526 g/mol. The summed E-state index contributed by atoms with van der Waals surface area (Å²) in [5, 5.41) is 27.8. The number of hydrogen-bond acceptors (Lipinski definition) is 3. The quantitative estimate of drug-likeness (QED) is 0.353. The maximum absolute atomic E-state index is 9.65. The summed E-state index contributed by atoms with van der Waals surface area (Å²) >= 11 is 38.3. The Balaban J connectivity index is 0.000000480. The van der Waals surface area contributed by atoms with Crippen LogP contribution in [0.1, 0.15) is 25.0 Å². The van der Waals surface area contributed by atoms with Crippen molar-refractivity contribution in [1.29, 1.82) is 0 Å². The molecular weight excluding hydrogens is 516 g/mol. The number of carboxylic acid groups (broad SMARTS) is 1. The summed E-state index contributed by atoms with van der Waals surface area (Å²) in [7, 11) is 0. The van der Waals surface area contributed by atoms with E-state index in [1.807, 2.05) is 13.8 Å². The Morgan fingerprint density at radius 3 is 1.14 bits per heavy atom. The Bertz CT molecular complexity index is 786. The highest BCUT2D eigenvalue weighted by Crippen LogP contribution is 2.42. The number of aromatic hydroxyl groups is 2. The Kier molecular flexibility index (Phi) is 8.74. The van der Waals surface area contributed by atoms with Gasteiger partial charge < -0.3 is 15.3 Å². The second-order valence-corrected chi connectivity index (χ2v) is 9.91. The molecule has 0 radical (unpaired) electrons. The molecule has 0 aliphatic carbocycles. The molecule has 0 amide bonds. The highest BCUT2D eigenvalue weighted by Gasteiger charge is 2.29. The van der Waals surface area contributed by atoms with Gasteiger partial charge in [-0.1, -0.05) is 95.1 Å². The van der Waals surface area contributed by atoms with E-state index in [1.165, 1.54) is 0 Å². The second kappa shape index (κ2) is 9.57. The number of alkyl halides is 3. The van der Waals surface area contributed by atoms with E-state index >= 15 is 0 Å². The molecule has 2 aromatic carbocycles. The fourth-order valence-electron chi connectivity index (χ4n) is 2.02. The maximum atomic E-state index is 9.65. The lowest BCUT2D eigenvalue weighted by Gasteiger charge is -2.27. The minimum absolute atomic E-state index is 0.153. The van der Waals surface area contributed by atoms with E-state index in [0.29, 0.717) is 0 Å². The molecule has 2 aromatic rings. The number of hydrogen-bond donors (Lipinski definition) is 3. The number of phenols is 2. The zero-order chi connectivity index (χ0) is 22.0. The summed E-state index contributed by atoms with van der Waals surface area (Å²) in [5.74, 6) is -1.77. The molecule has 0 saturated carbocycles. The van der Waals surface area contributed by atoms with Gasteiger partial charge in [-0.2, -0.15) is 0 Å². The Hall–Kier alpha value is -0.460. The van der Waals surface area contributed by atoms with Gasteiger partial charge in [0.05, 0.1) is 20.1 Å². The number of phenolic OH excluding ortho intramolecular Hbond substituents is 2. The topological polar surface area (TPSA) is 77.8 Å². The van der Waals surface area contributed by atoms with Crippen LogP contribution in [0.4, 0.5) is 0 Å². The van der Waals surface area contributed by atoms with E-state index < -0.39 is 15.2 Å². The zero-order valence-electron chi connectivity index (χ0n) is 14.2. The third kappa shape index (κ3) is 6.27. The molecule has 4 nitrogen and oxygen atoms in total. The van der Waals surface area contributed by atoms with Crippen molar-refractivity contribution < 1.29 is 20.1 Å². The summed E-state index contributed by atoms with van der Waals surface area (Å²) in [5.41, 5.74) is 1.04. The van der Waals surface area contributed by atoms with Crippen molar-refractivity contribution >= 4 is 87.2 Å². The first-order valence-electron chi connectivity index (χ1n) is 7.26. The summed E-state index contributed by atoms with van der Waals surface area (Å²) < 4.78 is -2.17. The van der Waals surface area contributed by atoms with Crippen molar-refractivity contribution in [2.75, 3.05) is 0 Å². The molecule has 0 bridgehead atoms. The first-order chi connectivity index (χ1) is 12.6. The predicted octanol–water partition coefficient (Wildman–Crippen LogP) is 7.48. The van der Waals surface area contributed by atoms with Gasteiger partial charge in [-0.15, -0.1) is 0 Å². The minimum atomic E-state index is -2.17. The molecule has 0 aliphatic heterocycles. The normalized spacial score (nSPS) is 11.6. The summed E-state index contributed by atoms with van der Waals surface area (Å²) in [6.07, 6.45) is 0. The highest BCUT2D eigenvalue weighted by atomic mass is 35.6. The molecule has 28 heavy (non-hydrogen) atoms. The number of halogens is 7. The van der Waals surface area contributed by atoms with Gasteiger partial charge in [0, 0.05) is 5.41 Å². The molecule has 3 N–H and O–H groups in total. The molecule has 0 unspecified atom stereocenters. The third-order valence-corrected chi connectivity index (χ3v) is 5.36. The predicted molar refractivity (Wildman–Crippen MR) is 116 cm³/mol. The fourth-order valence-corrected chi connectivity index (χ4v) is 2.99. The van der Waals surface area contributed by atoms with Crippen LogP contribution in [0.2, 0.25) is 20.1 Å². The highest BCUT2D eigenvalue weighted by molar-refractivity contribution is 6.75. The van der Waals surface area contributed by atoms with E-state index in [2.05, 4.69) is 0 Å². The third-order valence-electron chi connectivity index (χ3n) is 3.72. The molecule has 0 atom stereocenters. The van der Waals surface area contributed by atoms with E-state index in [9.17, 15) is 15.0 Å². The lowest BCUT2D eigenvalue weighted by molar-refractivity contribution is -0.135. The van der Waals surface area contributed by atoms with Gasteiger partial charge in [0.15, 0.2) is 11.5 Å². The van der Waals surface area contributed by atoms with Crippen molar-refractivity contribution in [1.82, 2.24) is 0 Å². The van der Waals surface area contributed by atoms with E-state index in [4.69, 9.17) is 86.3 Å². The van der Waals surface area contributed by atoms with E-state index in [0.717, 1.165) is 11.1 Å². The molecule has 154 valence electrons. The first kappa shape index (κ1) is 25.6. The molecule has 0 aromatic heterocycles. The van der Waals surface area contributed by atoms with Crippen LogP contribution in [0.25, 0.3) is 0 Å². The van der Waals surface area contributed by atoms with Crippen molar-refractivity contribution in [3.05, 3.63) is 55.5 Å². The largest absolute Gasteiger partial charge is 0.505 e. The van der Waals surface area contributed by atoms with Crippen LogP contribution in [0, 0.1) is 0 Å². The van der Waals surface area contributed by atoms with Crippen LogP contribution in [-0.4, -0.2) is 25.1 Å². The van der Waals surface area contributed by atoms with Gasteiger partial charge in [0.1, 0.15) is 0 Å². The van der Waals surface area contributed by atoms with Crippen LogP contribution in [0.5, 0.6) is 11.5 Å². The lowest BCUT2D eigenvalue weighted by Crippen LogP contribution is -2.19. The lowest BCUT2D eigenvalue weighted by atomic mass is 9.78. The number of benzene rings is 2. The Morgan fingerprint density at radius 2 is 0.964 bits per heavy atom. The fraction of sp³-hybridized carbons (Fsp3) is 0.235. The molecule has 0 spiro atoms. The molecule has 2 rings (SSSR count). The zero-order valence-corrected chi connectivity index (χ0v) is 19.5. The van der Waals surface area contributed by atoms with Crippen LogP contribution >= 0.6 is 81.2 Å². The number of aliphatic carboxylic acids is 1. The molecular formula is C17H13Cl7O4. The molecule has 0 fully saturated rings. The Morgan fingerprint density at radius 1 is 0.750 bits per heavy atom. The molecule has 0 aliphatic rings. The van der Waals surface area contributed by atoms with Crippen LogP contribution in [-0.2, 0) is 10.2 Å². The van der Waals surface area contributed by atoms with E-state index in [-0.39, 0.29) is 31.6 Å². The van der Waals surface area contributed by atoms with Crippen LogP contribution in [0.15, 0.2) is 24.3 Å². The number of carboxylic acids is 1. The van der Waals surface area contributed by atoms with Crippen molar-refractivity contribution in [3.63, 3.8) is 0 Å². The van der Waals surface area contributed by atoms with Gasteiger partial charge in [-0.05, 0) is 35.4 Å². The molecule has 0 heterocycles. The van der Waals surface area contributed by atoms with Gasteiger partial charge in [-0.25, -0.2) is 4.79 Å². The summed E-state index contributed by atoms with van der Waals surface area (Å²) in [4.78, 5) is 9.62. The molecule has 0 saturated heterocycles. The van der Waals surface area contributed by atoms with E-state index in [1.54, 1.807) is 24.3 Å². The first-order valence-corrected chi connectivity index (χ1v) is 9.90. The van der Waals surface area contributed by atoms with Gasteiger partial charge in [0.2, 0.25) is 0 Å².